The fourth-order valence-electron chi connectivity index (χ4n) is 2.17. The van der Waals surface area contributed by atoms with Crippen LogP contribution in [0.4, 0.5) is 22.7 Å². The van der Waals surface area contributed by atoms with E-state index in [1.165, 1.54) is 10.8 Å². The van der Waals surface area contributed by atoms with E-state index in [1.807, 2.05) is 30.3 Å². The quantitative estimate of drug-likeness (QED) is 0.502. The zero-order valence-corrected chi connectivity index (χ0v) is 10.9. The van der Waals surface area contributed by atoms with E-state index in [4.69, 9.17) is 11.3 Å². The van der Waals surface area contributed by atoms with Gasteiger partial charge >= 0.3 is 0 Å². The van der Waals surface area contributed by atoms with Crippen molar-refractivity contribution in [2.45, 2.75) is 0 Å². The van der Waals surface area contributed by atoms with Crippen molar-refractivity contribution in [2.24, 2.45) is 5.11 Å². The van der Waals surface area contributed by atoms with Crippen LogP contribution < -0.4 is 16.6 Å². The SMILES string of the molecule is Nc1ccc(Nc2ccc3ccccc3c2)cc1N=[NH2+]. The number of hydrogen-bond acceptors (Lipinski definition) is 3. The molecule has 3 aromatic rings. The van der Waals surface area contributed by atoms with E-state index >= 15 is 0 Å². The van der Waals surface area contributed by atoms with Gasteiger partial charge in [-0.15, -0.1) is 0 Å². The highest BCUT2D eigenvalue weighted by molar-refractivity contribution is 5.86. The van der Waals surface area contributed by atoms with E-state index in [9.17, 15) is 0 Å². The summed E-state index contributed by atoms with van der Waals surface area (Å²) in [5.41, 5.74) is 14.1. The molecule has 3 rings (SSSR count). The van der Waals surface area contributed by atoms with Gasteiger partial charge in [0.15, 0.2) is 5.69 Å². The first-order valence-electron chi connectivity index (χ1n) is 6.32. The molecule has 0 amide bonds. The van der Waals surface area contributed by atoms with Crippen LogP contribution in [0.5, 0.6) is 0 Å². The maximum Gasteiger partial charge on any atom is 0.154 e. The lowest BCUT2D eigenvalue weighted by molar-refractivity contribution is -0.210. The lowest BCUT2D eigenvalue weighted by Gasteiger charge is -2.08. The lowest BCUT2D eigenvalue weighted by atomic mass is 10.1. The van der Waals surface area contributed by atoms with Gasteiger partial charge in [-0.3, -0.25) is 0 Å². The Bertz CT molecular complexity index is 780. The van der Waals surface area contributed by atoms with E-state index in [0.29, 0.717) is 11.4 Å². The fourth-order valence-corrected chi connectivity index (χ4v) is 2.17. The second-order valence-electron chi connectivity index (χ2n) is 4.59. The van der Waals surface area contributed by atoms with E-state index in [2.05, 4.69) is 34.7 Å². The van der Waals surface area contributed by atoms with E-state index in [1.54, 1.807) is 6.07 Å². The lowest BCUT2D eigenvalue weighted by Crippen LogP contribution is -2.22. The van der Waals surface area contributed by atoms with Gasteiger partial charge in [0.1, 0.15) is 0 Å². The van der Waals surface area contributed by atoms with Crippen molar-refractivity contribution in [1.82, 2.24) is 0 Å². The number of nitrogens with zero attached hydrogens (tertiary/aromatic N) is 1. The number of nitrogens with one attached hydrogen (secondary N) is 1. The number of hydrogen-bond donors (Lipinski definition) is 3. The summed E-state index contributed by atoms with van der Waals surface area (Å²) in [5.74, 6) is 0. The maximum absolute atomic E-state index is 5.77. The molecule has 4 heteroatoms. The van der Waals surface area contributed by atoms with Gasteiger partial charge in [0.25, 0.3) is 0 Å². The van der Waals surface area contributed by atoms with Crippen LogP contribution in [0.2, 0.25) is 0 Å². The summed E-state index contributed by atoms with van der Waals surface area (Å²) < 4.78 is 0. The summed E-state index contributed by atoms with van der Waals surface area (Å²) in [6.45, 7) is 0. The van der Waals surface area contributed by atoms with Crippen molar-refractivity contribution < 1.29 is 5.53 Å². The summed E-state index contributed by atoms with van der Waals surface area (Å²) in [7, 11) is 0. The zero-order valence-electron chi connectivity index (χ0n) is 10.9. The van der Waals surface area contributed by atoms with E-state index in [-0.39, 0.29) is 0 Å². The average molecular weight is 263 g/mol. The second kappa shape index (κ2) is 5.01. The molecular formula is C16H15N4+. The van der Waals surface area contributed by atoms with Crippen molar-refractivity contribution >= 4 is 33.5 Å². The molecule has 0 atom stereocenters. The summed E-state index contributed by atoms with van der Waals surface area (Å²) in [6.07, 6.45) is 0. The van der Waals surface area contributed by atoms with Crippen molar-refractivity contribution in [2.75, 3.05) is 11.1 Å². The molecule has 0 radical (unpaired) electrons. The molecule has 5 N–H and O–H groups in total. The Kier molecular flexibility index (Phi) is 3.05. The molecular weight excluding hydrogens is 248 g/mol. The van der Waals surface area contributed by atoms with Gasteiger partial charge in [-0.05, 0) is 46.2 Å². The van der Waals surface area contributed by atoms with Crippen LogP contribution in [0, 0.1) is 0 Å². The monoisotopic (exact) mass is 263 g/mol. The van der Waals surface area contributed by atoms with Gasteiger partial charge in [0.05, 0.1) is 5.69 Å². The topological polar surface area (TPSA) is 76.0 Å². The Morgan fingerprint density at radius 2 is 1.55 bits per heavy atom. The van der Waals surface area contributed by atoms with Crippen LogP contribution >= 0.6 is 0 Å². The first-order chi connectivity index (χ1) is 9.76. The third kappa shape index (κ3) is 2.31. The molecule has 0 aliphatic rings. The highest BCUT2D eigenvalue weighted by atomic mass is 15.0. The second-order valence-corrected chi connectivity index (χ2v) is 4.59. The summed E-state index contributed by atoms with van der Waals surface area (Å²) >= 11 is 0. The van der Waals surface area contributed by atoms with Crippen LogP contribution in [-0.2, 0) is 0 Å². The number of rotatable bonds is 3. The maximum atomic E-state index is 5.77. The first kappa shape index (κ1) is 12.2. The largest absolute Gasteiger partial charge is 0.397 e. The molecule has 0 aliphatic heterocycles. The summed E-state index contributed by atoms with van der Waals surface area (Å²) in [4.78, 5) is 0. The average Bonchev–Trinajstić information content (AvgIpc) is 2.49. The number of fused-ring (bicyclic) bond motifs is 1. The molecule has 98 valence electrons. The Morgan fingerprint density at radius 1 is 0.850 bits per heavy atom. The number of nitrogen functional groups attached to an aromatic ring is 1. The fraction of sp³-hybridized carbons (Fsp3) is 0. The van der Waals surface area contributed by atoms with E-state index < -0.39 is 0 Å². The number of anilines is 3. The van der Waals surface area contributed by atoms with E-state index in [0.717, 1.165) is 11.4 Å². The third-order valence-corrected chi connectivity index (χ3v) is 3.21. The minimum absolute atomic E-state index is 0.566. The van der Waals surface area contributed by atoms with Gasteiger partial charge in [0.2, 0.25) is 0 Å². The molecule has 4 nitrogen and oxygen atoms in total. The Morgan fingerprint density at radius 3 is 2.35 bits per heavy atom. The number of nitrogens with two attached hydrogens (primary N) is 2. The Labute approximate surface area is 116 Å². The molecule has 0 heterocycles. The molecule has 0 fully saturated rings. The predicted octanol–water partition coefficient (Wildman–Crippen LogP) is 3.01. The van der Waals surface area contributed by atoms with Gasteiger partial charge < -0.3 is 11.1 Å². The zero-order chi connectivity index (χ0) is 13.9. The highest BCUT2D eigenvalue weighted by Gasteiger charge is 2.03. The Hall–Kier alpha value is -2.88. The van der Waals surface area contributed by atoms with Gasteiger partial charge in [-0.1, -0.05) is 30.3 Å². The summed E-state index contributed by atoms with van der Waals surface area (Å²) in [5, 5.41) is 9.39. The first-order valence-corrected chi connectivity index (χ1v) is 6.32. The van der Waals surface area contributed by atoms with Crippen molar-refractivity contribution in [3.63, 3.8) is 0 Å². The molecule has 3 aromatic carbocycles. The molecule has 20 heavy (non-hydrogen) atoms. The predicted molar refractivity (Wildman–Crippen MR) is 82.1 cm³/mol. The van der Waals surface area contributed by atoms with Crippen LogP contribution in [0.1, 0.15) is 0 Å². The van der Waals surface area contributed by atoms with Crippen molar-refractivity contribution in [1.29, 1.82) is 0 Å². The molecule has 0 saturated heterocycles. The van der Waals surface area contributed by atoms with Gasteiger partial charge in [0, 0.05) is 11.4 Å². The minimum atomic E-state index is 0.566. The van der Waals surface area contributed by atoms with Crippen molar-refractivity contribution in [3.05, 3.63) is 60.7 Å². The smallest absolute Gasteiger partial charge is 0.154 e. The highest BCUT2D eigenvalue weighted by Crippen LogP contribution is 2.28. The van der Waals surface area contributed by atoms with Crippen LogP contribution in [0.3, 0.4) is 0 Å². The molecule has 0 unspecified atom stereocenters. The normalized spacial score (nSPS) is 10.4. The summed E-state index contributed by atoms with van der Waals surface area (Å²) in [6, 6.07) is 20.0. The Balaban J connectivity index is 1.94. The van der Waals surface area contributed by atoms with Crippen LogP contribution in [0.15, 0.2) is 65.8 Å². The third-order valence-electron chi connectivity index (χ3n) is 3.21. The molecule has 0 saturated carbocycles. The molecule has 0 spiro atoms. The molecule has 0 aromatic heterocycles. The van der Waals surface area contributed by atoms with Crippen LogP contribution in [0.25, 0.3) is 10.8 Å². The minimum Gasteiger partial charge on any atom is -0.397 e. The van der Waals surface area contributed by atoms with Crippen LogP contribution in [-0.4, -0.2) is 0 Å². The molecule has 0 aliphatic carbocycles. The van der Waals surface area contributed by atoms with Crippen molar-refractivity contribution in [3.8, 4) is 0 Å². The standard InChI is InChI=1S/C16H14N4/c17-15-8-7-14(10-16(15)20-18)19-13-6-5-11-3-1-2-4-12(11)9-13/h1-10,18-19H,17H2/p+1. The molecule has 0 bridgehead atoms. The van der Waals surface area contributed by atoms with Gasteiger partial charge in [-0.25, -0.2) is 0 Å². The number of benzene rings is 3. The van der Waals surface area contributed by atoms with Gasteiger partial charge in [-0.2, -0.15) is 5.53 Å².